The van der Waals surface area contributed by atoms with Gasteiger partial charge >= 0.3 is 5.97 Å². The van der Waals surface area contributed by atoms with Crippen molar-refractivity contribution in [3.05, 3.63) is 52.7 Å². The third-order valence-corrected chi connectivity index (χ3v) is 5.63. The molecule has 2 heterocycles. The number of carbonyl (C=O) groups excluding carboxylic acids is 1. The molecule has 0 bridgehead atoms. The van der Waals surface area contributed by atoms with Crippen molar-refractivity contribution in [2.45, 2.75) is 24.8 Å². The Kier molecular flexibility index (Phi) is 4.92. The molecular weight excluding hydrogens is 376 g/mol. The molecule has 7 nitrogen and oxygen atoms in total. The van der Waals surface area contributed by atoms with Crippen LogP contribution >= 0.6 is 11.3 Å². The molecule has 1 aromatic carbocycles. The molecule has 0 radical (unpaired) electrons. The van der Waals surface area contributed by atoms with E-state index >= 15 is 0 Å². The normalized spacial score (nSPS) is 12.7. The molecule has 0 aliphatic rings. The van der Waals surface area contributed by atoms with Gasteiger partial charge in [-0.05, 0) is 43.0 Å². The Labute approximate surface area is 154 Å². The molecule has 2 aromatic heterocycles. The second-order valence-corrected chi connectivity index (χ2v) is 8.68. The van der Waals surface area contributed by atoms with Gasteiger partial charge in [0.1, 0.15) is 0 Å². The monoisotopic (exact) mass is 392 g/mol. The number of thiophene rings is 1. The summed E-state index contributed by atoms with van der Waals surface area (Å²) in [5.41, 5.74) is 0.789. The highest BCUT2D eigenvalue weighted by Gasteiger charge is 2.22. The van der Waals surface area contributed by atoms with Gasteiger partial charge in [0.25, 0.3) is 11.8 Å². The maximum absolute atomic E-state index is 12.5. The lowest BCUT2D eigenvalue weighted by atomic mass is 10.1. The molecule has 0 aliphatic carbocycles. The summed E-state index contributed by atoms with van der Waals surface area (Å²) in [5, 5.41) is 9.75. The molecule has 0 unspecified atom stereocenters. The van der Waals surface area contributed by atoms with E-state index in [-0.39, 0.29) is 16.3 Å². The number of aryl methyl sites for hydroxylation is 1. The summed E-state index contributed by atoms with van der Waals surface area (Å²) < 4.78 is 34.3. The minimum atomic E-state index is -3.43. The Balaban J connectivity index is 1.80. The summed E-state index contributed by atoms with van der Waals surface area (Å²) in [7, 11) is -3.43. The van der Waals surface area contributed by atoms with Gasteiger partial charge in [-0.1, -0.05) is 12.1 Å². The van der Waals surface area contributed by atoms with Crippen molar-refractivity contribution >= 4 is 27.1 Å². The fourth-order valence-electron chi connectivity index (χ4n) is 2.22. The fraction of sp³-hybridized carbons (Fsp3) is 0.235. The van der Waals surface area contributed by atoms with E-state index in [9.17, 15) is 13.2 Å². The number of hydrogen-bond acceptors (Lipinski definition) is 8. The molecule has 0 saturated heterocycles. The highest BCUT2D eigenvalue weighted by molar-refractivity contribution is 7.90. The van der Waals surface area contributed by atoms with Gasteiger partial charge in [-0.2, -0.15) is 0 Å². The third-order valence-electron chi connectivity index (χ3n) is 3.66. The molecule has 3 rings (SSSR count). The Morgan fingerprint density at radius 3 is 2.69 bits per heavy atom. The average molecular weight is 392 g/mol. The molecule has 26 heavy (non-hydrogen) atoms. The zero-order chi connectivity index (χ0) is 18.9. The minimum absolute atomic E-state index is 0.0560. The predicted octanol–water partition coefficient (Wildman–Crippen LogP) is 3.43. The molecule has 3 aromatic rings. The Morgan fingerprint density at radius 1 is 1.27 bits per heavy atom. The van der Waals surface area contributed by atoms with Crippen LogP contribution in [-0.2, 0) is 14.6 Å². The van der Waals surface area contributed by atoms with E-state index in [0.717, 1.165) is 11.1 Å². The number of sulfone groups is 1. The van der Waals surface area contributed by atoms with Gasteiger partial charge in [0.05, 0.1) is 15.3 Å². The molecule has 0 N–H and O–H groups in total. The smallest absolute Gasteiger partial charge is 0.339 e. The maximum Gasteiger partial charge on any atom is 0.339 e. The second kappa shape index (κ2) is 7.00. The summed E-state index contributed by atoms with van der Waals surface area (Å²) >= 11 is 1.46. The minimum Gasteiger partial charge on any atom is -0.449 e. The van der Waals surface area contributed by atoms with E-state index in [2.05, 4.69) is 10.2 Å². The van der Waals surface area contributed by atoms with Gasteiger partial charge in [-0.15, -0.1) is 21.5 Å². The average Bonchev–Trinajstić information content (AvgIpc) is 3.25. The van der Waals surface area contributed by atoms with Gasteiger partial charge in [0.2, 0.25) is 0 Å². The van der Waals surface area contributed by atoms with Gasteiger partial charge in [-0.25, -0.2) is 13.2 Å². The lowest BCUT2D eigenvalue weighted by molar-refractivity contribution is 0.0279. The first-order valence-electron chi connectivity index (χ1n) is 7.64. The number of aromatic nitrogens is 2. The van der Waals surface area contributed by atoms with Crippen LogP contribution in [0.15, 0.2) is 45.0 Å². The summed E-state index contributed by atoms with van der Waals surface area (Å²) in [6.45, 7) is 3.31. The topological polar surface area (TPSA) is 99.4 Å². The van der Waals surface area contributed by atoms with Crippen molar-refractivity contribution in [1.82, 2.24) is 10.2 Å². The Hall–Kier alpha value is -2.52. The molecular formula is C17H16N2O5S2. The lowest BCUT2D eigenvalue weighted by Gasteiger charge is -2.11. The van der Waals surface area contributed by atoms with Crippen LogP contribution in [0.25, 0.3) is 10.8 Å². The molecule has 136 valence electrons. The van der Waals surface area contributed by atoms with Crippen molar-refractivity contribution in [2.75, 3.05) is 6.26 Å². The first-order valence-corrected chi connectivity index (χ1v) is 10.4. The molecule has 0 saturated carbocycles. The number of nitrogens with zero attached hydrogens (tertiary/aromatic N) is 2. The van der Waals surface area contributed by atoms with Crippen LogP contribution < -0.4 is 0 Å². The molecule has 1 atom stereocenters. The number of benzene rings is 1. The van der Waals surface area contributed by atoms with Gasteiger partial charge in [0, 0.05) is 6.26 Å². The zero-order valence-electron chi connectivity index (χ0n) is 14.3. The zero-order valence-corrected chi connectivity index (χ0v) is 15.9. The first-order chi connectivity index (χ1) is 12.3. The maximum atomic E-state index is 12.5. The standard InChI is InChI=1S/C17H16N2O5S2/c1-10-6-7-12(26(3,21)22)9-13(10)17(20)23-11(2)15-18-19-16(24-15)14-5-4-8-25-14/h4-9,11H,1-3H3/t11-/m0/s1. The number of esters is 1. The highest BCUT2D eigenvalue weighted by atomic mass is 32.2. The Bertz CT molecular complexity index is 1040. The van der Waals surface area contributed by atoms with Gasteiger partial charge in [-0.3, -0.25) is 0 Å². The van der Waals surface area contributed by atoms with Crippen LogP contribution in [0.4, 0.5) is 0 Å². The summed E-state index contributed by atoms with van der Waals surface area (Å²) in [6.07, 6.45) is 0.310. The van der Waals surface area contributed by atoms with E-state index in [1.807, 2.05) is 17.5 Å². The van der Waals surface area contributed by atoms with Crippen molar-refractivity contribution in [1.29, 1.82) is 0 Å². The summed E-state index contributed by atoms with van der Waals surface area (Å²) in [4.78, 5) is 13.3. The first kappa shape index (κ1) is 18.3. The molecule has 0 aliphatic heterocycles. The van der Waals surface area contributed by atoms with Crippen LogP contribution in [0.2, 0.25) is 0 Å². The summed E-state index contributed by atoms with van der Waals surface area (Å²) in [6, 6.07) is 8.05. The van der Waals surface area contributed by atoms with E-state index in [1.54, 1.807) is 19.9 Å². The number of hydrogen-bond donors (Lipinski definition) is 0. The fourth-order valence-corrected chi connectivity index (χ4v) is 3.52. The lowest BCUT2D eigenvalue weighted by Crippen LogP contribution is -2.12. The van der Waals surface area contributed by atoms with Crippen molar-refractivity contribution in [3.63, 3.8) is 0 Å². The Morgan fingerprint density at radius 2 is 2.04 bits per heavy atom. The van der Waals surface area contributed by atoms with E-state index < -0.39 is 21.9 Å². The quantitative estimate of drug-likeness (QED) is 0.613. The SMILES string of the molecule is Cc1ccc(S(C)(=O)=O)cc1C(=O)O[C@@H](C)c1nnc(-c2cccs2)o1. The van der Waals surface area contributed by atoms with Crippen LogP contribution in [-0.4, -0.2) is 30.8 Å². The van der Waals surface area contributed by atoms with Gasteiger partial charge < -0.3 is 9.15 Å². The van der Waals surface area contributed by atoms with Crippen LogP contribution in [0.3, 0.4) is 0 Å². The van der Waals surface area contributed by atoms with E-state index in [1.165, 1.54) is 23.5 Å². The van der Waals surface area contributed by atoms with Crippen molar-refractivity contribution in [3.8, 4) is 10.8 Å². The van der Waals surface area contributed by atoms with Crippen LogP contribution in [0.5, 0.6) is 0 Å². The molecule has 9 heteroatoms. The number of rotatable bonds is 5. The van der Waals surface area contributed by atoms with Crippen molar-refractivity contribution < 1.29 is 22.4 Å². The van der Waals surface area contributed by atoms with Gasteiger partial charge in [0.15, 0.2) is 15.9 Å². The van der Waals surface area contributed by atoms with Crippen LogP contribution in [0.1, 0.15) is 34.8 Å². The largest absolute Gasteiger partial charge is 0.449 e. The second-order valence-electron chi connectivity index (χ2n) is 5.72. The number of carbonyl (C=O) groups is 1. The van der Waals surface area contributed by atoms with E-state index in [4.69, 9.17) is 9.15 Å². The molecule has 0 amide bonds. The predicted molar refractivity (Wildman–Crippen MR) is 95.7 cm³/mol. The summed E-state index contributed by atoms with van der Waals surface area (Å²) in [5.74, 6) is -0.136. The van der Waals surface area contributed by atoms with Crippen LogP contribution in [0, 0.1) is 6.92 Å². The third kappa shape index (κ3) is 3.83. The number of ether oxygens (including phenoxy) is 1. The van der Waals surface area contributed by atoms with E-state index in [0.29, 0.717) is 11.5 Å². The van der Waals surface area contributed by atoms with Crippen molar-refractivity contribution in [2.24, 2.45) is 0 Å². The highest BCUT2D eigenvalue weighted by Crippen LogP contribution is 2.26. The molecule has 0 fully saturated rings. The molecule has 0 spiro atoms.